The quantitative estimate of drug-likeness (QED) is 0.671. The van der Waals surface area contributed by atoms with Gasteiger partial charge in [-0.2, -0.15) is 0 Å². The Kier molecular flexibility index (Phi) is 4.70. The van der Waals surface area contributed by atoms with E-state index in [1.54, 1.807) is 0 Å². The van der Waals surface area contributed by atoms with Gasteiger partial charge in [0, 0.05) is 34.2 Å². The van der Waals surface area contributed by atoms with Gasteiger partial charge in [0.05, 0.1) is 18.9 Å². The van der Waals surface area contributed by atoms with E-state index < -0.39 is 0 Å². The maximum atomic E-state index is 12.6. The molecule has 0 radical (unpaired) electrons. The summed E-state index contributed by atoms with van der Waals surface area (Å²) in [4.78, 5) is 18.0. The number of aryl methyl sites for hydroxylation is 1. The Labute approximate surface area is 160 Å². The minimum Gasteiger partial charge on any atom is -0.378 e. The van der Waals surface area contributed by atoms with Gasteiger partial charge >= 0.3 is 0 Å². The number of fused-ring (bicyclic) bond motifs is 1. The van der Waals surface area contributed by atoms with Crippen molar-refractivity contribution in [3.8, 4) is 0 Å². The molecular formula is C20H20BrN3O2. The second-order valence-corrected chi connectivity index (χ2v) is 7.35. The fourth-order valence-electron chi connectivity index (χ4n) is 3.22. The second kappa shape index (κ2) is 7.13. The number of H-pyrrole nitrogens is 1. The van der Waals surface area contributed by atoms with Crippen LogP contribution in [0.15, 0.2) is 46.9 Å². The summed E-state index contributed by atoms with van der Waals surface area (Å²) in [6.07, 6.45) is 0. The van der Waals surface area contributed by atoms with E-state index in [1.807, 2.05) is 43.3 Å². The third-order valence-corrected chi connectivity index (χ3v) is 5.21. The summed E-state index contributed by atoms with van der Waals surface area (Å²) in [5, 5.41) is 4.00. The van der Waals surface area contributed by atoms with E-state index >= 15 is 0 Å². The van der Waals surface area contributed by atoms with E-state index in [9.17, 15) is 4.79 Å². The zero-order valence-corrected chi connectivity index (χ0v) is 16.1. The smallest absolute Gasteiger partial charge is 0.272 e. The molecule has 4 rings (SSSR count). The largest absolute Gasteiger partial charge is 0.378 e. The number of aromatic nitrogens is 1. The Balaban J connectivity index is 1.52. The topological polar surface area (TPSA) is 57.4 Å². The van der Waals surface area contributed by atoms with Crippen molar-refractivity contribution in [3.63, 3.8) is 0 Å². The Morgan fingerprint density at radius 2 is 1.96 bits per heavy atom. The molecular weight excluding hydrogens is 394 g/mol. The normalized spacial score (nSPS) is 14.6. The van der Waals surface area contributed by atoms with Crippen molar-refractivity contribution in [1.82, 2.24) is 4.98 Å². The molecule has 1 aliphatic heterocycles. The molecule has 0 saturated carbocycles. The highest BCUT2D eigenvalue weighted by molar-refractivity contribution is 9.10. The molecule has 1 amide bonds. The van der Waals surface area contributed by atoms with E-state index in [4.69, 9.17) is 4.74 Å². The Bertz CT molecular complexity index is 961. The summed E-state index contributed by atoms with van der Waals surface area (Å²) >= 11 is 3.62. The number of carbonyl (C=O) groups excluding carboxylic acids is 1. The first-order chi connectivity index (χ1) is 12.6. The maximum absolute atomic E-state index is 12.6. The van der Waals surface area contributed by atoms with Crippen LogP contribution in [-0.4, -0.2) is 37.2 Å². The number of aromatic amines is 1. The first-order valence-electron chi connectivity index (χ1n) is 8.63. The number of carbonyl (C=O) groups is 1. The molecule has 1 fully saturated rings. The van der Waals surface area contributed by atoms with Crippen molar-refractivity contribution >= 4 is 44.1 Å². The van der Waals surface area contributed by atoms with Crippen molar-refractivity contribution in [1.29, 1.82) is 0 Å². The molecule has 3 aromatic rings. The van der Waals surface area contributed by atoms with E-state index in [1.165, 1.54) is 5.56 Å². The molecule has 1 aliphatic rings. The molecule has 134 valence electrons. The van der Waals surface area contributed by atoms with Crippen LogP contribution in [0.1, 0.15) is 16.1 Å². The summed E-state index contributed by atoms with van der Waals surface area (Å²) in [5.74, 6) is -0.148. The Morgan fingerprint density at radius 1 is 1.15 bits per heavy atom. The Morgan fingerprint density at radius 3 is 2.73 bits per heavy atom. The number of anilines is 2. The average molecular weight is 414 g/mol. The molecule has 0 atom stereocenters. The van der Waals surface area contributed by atoms with Crippen molar-refractivity contribution in [2.24, 2.45) is 0 Å². The minimum absolute atomic E-state index is 0.148. The number of rotatable bonds is 3. The molecule has 2 heterocycles. The zero-order chi connectivity index (χ0) is 18.1. The molecule has 0 aliphatic carbocycles. The molecule has 1 aromatic heterocycles. The van der Waals surface area contributed by atoms with Crippen LogP contribution in [0.3, 0.4) is 0 Å². The minimum atomic E-state index is -0.148. The van der Waals surface area contributed by atoms with Crippen LogP contribution < -0.4 is 10.2 Å². The SMILES string of the molecule is Cc1ccc2[nH]c(C(=O)Nc3ccc(N4CCOCC4)c(Br)c3)cc2c1. The molecule has 0 bridgehead atoms. The number of morpholine rings is 1. The van der Waals surface area contributed by atoms with E-state index in [-0.39, 0.29) is 5.91 Å². The number of amides is 1. The summed E-state index contributed by atoms with van der Waals surface area (Å²) in [6.45, 7) is 5.27. The van der Waals surface area contributed by atoms with Crippen LogP contribution in [0.25, 0.3) is 10.9 Å². The van der Waals surface area contributed by atoms with Gasteiger partial charge in [-0.15, -0.1) is 0 Å². The zero-order valence-electron chi connectivity index (χ0n) is 14.5. The molecule has 5 nitrogen and oxygen atoms in total. The lowest BCUT2D eigenvalue weighted by atomic mass is 10.2. The monoisotopic (exact) mass is 413 g/mol. The number of halogens is 1. The standard InChI is InChI=1S/C20H20BrN3O2/c1-13-2-4-17-14(10-13)11-18(23-17)20(25)22-15-3-5-19(16(21)12-15)24-6-8-26-9-7-24/h2-5,10-12,23H,6-9H2,1H3,(H,22,25). The van der Waals surface area contributed by atoms with Crippen LogP contribution in [-0.2, 0) is 4.74 Å². The van der Waals surface area contributed by atoms with Gasteiger partial charge in [0.1, 0.15) is 5.69 Å². The molecule has 2 N–H and O–H groups in total. The van der Waals surface area contributed by atoms with Crippen LogP contribution in [0.4, 0.5) is 11.4 Å². The van der Waals surface area contributed by atoms with Crippen molar-refractivity contribution in [2.75, 3.05) is 36.5 Å². The lowest BCUT2D eigenvalue weighted by molar-refractivity contribution is 0.102. The molecule has 0 spiro atoms. The van der Waals surface area contributed by atoms with Crippen LogP contribution >= 0.6 is 15.9 Å². The number of ether oxygens (including phenoxy) is 1. The summed E-state index contributed by atoms with van der Waals surface area (Å²) in [7, 11) is 0. The van der Waals surface area contributed by atoms with E-state index in [0.717, 1.165) is 53.1 Å². The fourth-order valence-corrected chi connectivity index (χ4v) is 3.85. The molecule has 2 aromatic carbocycles. The highest BCUT2D eigenvalue weighted by atomic mass is 79.9. The highest BCUT2D eigenvalue weighted by Crippen LogP contribution is 2.30. The molecule has 26 heavy (non-hydrogen) atoms. The van der Waals surface area contributed by atoms with E-state index in [0.29, 0.717) is 5.69 Å². The fraction of sp³-hybridized carbons (Fsp3) is 0.250. The first kappa shape index (κ1) is 17.1. The summed E-state index contributed by atoms with van der Waals surface area (Å²) in [5.41, 5.74) is 4.57. The van der Waals surface area contributed by atoms with Crippen LogP contribution in [0.5, 0.6) is 0 Å². The summed E-state index contributed by atoms with van der Waals surface area (Å²) < 4.78 is 6.36. The predicted molar refractivity (Wildman–Crippen MR) is 108 cm³/mol. The van der Waals surface area contributed by atoms with Crippen molar-refractivity contribution < 1.29 is 9.53 Å². The third-order valence-electron chi connectivity index (χ3n) is 4.58. The molecule has 1 saturated heterocycles. The van der Waals surface area contributed by atoms with E-state index in [2.05, 4.69) is 37.2 Å². The molecule has 6 heteroatoms. The van der Waals surface area contributed by atoms with Crippen molar-refractivity contribution in [3.05, 3.63) is 58.2 Å². The predicted octanol–water partition coefficient (Wildman–Crippen LogP) is 4.33. The van der Waals surface area contributed by atoms with Gasteiger partial charge in [-0.25, -0.2) is 0 Å². The number of hydrogen-bond acceptors (Lipinski definition) is 3. The number of hydrogen-bond donors (Lipinski definition) is 2. The van der Waals surface area contributed by atoms with Crippen LogP contribution in [0, 0.1) is 6.92 Å². The van der Waals surface area contributed by atoms with Gasteiger partial charge in [-0.3, -0.25) is 4.79 Å². The second-order valence-electron chi connectivity index (χ2n) is 6.49. The van der Waals surface area contributed by atoms with Gasteiger partial charge in [-0.1, -0.05) is 11.6 Å². The third kappa shape index (κ3) is 3.48. The maximum Gasteiger partial charge on any atom is 0.272 e. The highest BCUT2D eigenvalue weighted by Gasteiger charge is 2.15. The van der Waals surface area contributed by atoms with Gasteiger partial charge in [0.15, 0.2) is 0 Å². The van der Waals surface area contributed by atoms with Crippen molar-refractivity contribution in [2.45, 2.75) is 6.92 Å². The number of benzene rings is 2. The Hall–Kier alpha value is -2.31. The lowest BCUT2D eigenvalue weighted by Crippen LogP contribution is -2.36. The number of nitrogens with one attached hydrogen (secondary N) is 2. The number of nitrogens with zero attached hydrogens (tertiary/aromatic N) is 1. The van der Waals surface area contributed by atoms with Gasteiger partial charge in [0.2, 0.25) is 0 Å². The van der Waals surface area contributed by atoms with Gasteiger partial charge in [0.25, 0.3) is 5.91 Å². The van der Waals surface area contributed by atoms with Gasteiger partial charge < -0.3 is 19.9 Å². The summed E-state index contributed by atoms with van der Waals surface area (Å²) in [6, 6.07) is 13.9. The van der Waals surface area contributed by atoms with Gasteiger partial charge in [-0.05, 0) is 59.3 Å². The average Bonchev–Trinajstić information content (AvgIpc) is 3.06. The lowest BCUT2D eigenvalue weighted by Gasteiger charge is -2.29. The van der Waals surface area contributed by atoms with Crippen LogP contribution in [0.2, 0.25) is 0 Å². The molecule has 0 unspecified atom stereocenters. The first-order valence-corrected chi connectivity index (χ1v) is 9.42.